The quantitative estimate of drug-likeness (QED) is 0.167. The van der Waals surface area contributed by atoms with Gasteiger partial charge in [0, 0.05) is 412 Å². The molecule has 18 saturated heterocycles. The van der Waals surface area contributed by atoms with Crippen LogP contribution in [0.2, 0.25) is 0 Å². The summed E-state index contributed by atoms with van der Waals surface area (Å²) in [6.07, 6.45) is 10.5. The van der Waals surface area contributed by atoms with Crippen molar-refractivity contribution in [3.63, 3.8) is 0 Å². The number of likely N-dealkylation sites (tertiary alicyclic amines) is 2. The van der Waals surface area contributed by atoms with E-state index in [1.807, 2.05) is 18.8 Å². The molecule has 0 aromatic carbocycles. The van der Waals surface area contributed by atoms with Gasteiger partial charge in [0.2, 0.25) is 0 Å². The van der Waals surface area contributed by atoms with Gasteiger partial charge in [0.1, 0.15) is 70.6 Å². The third kappa shape index (κ3) is 32.1. The minimum atomic E-state index is -0.378. The fraction of sp³-hybridized carbons (Fsp3) is 0.788. The Balaban J connectivity index is -0.000000167. The van der Waals surface area contributed by atoms with Crippen molar-refractivity contribution in [3.8, 4) is 0 Å². The van der Waals surface area contributed by atoms with Crippen LogP contribution in [-0.4, -0.2) is 323 Å². The maximum atomic E-state index is 5.86. The molecule has 0 amide bonds. The molecule has 18 heterocycles. The standard InChI is InChI=1S/C9H15BNO2.2C9H15BNO.C9H14BO2.C8H13BNO2.C8H13BNO.2C8H12BO2.C8H12BOS.9CH3.9Y/c1-4-6-7-8(10)12-9(6,2)5-11(3)13-7;2*1-4-6-7-8(10)12-9(6,2)5-11(7)3;1-3-6-7-8(10)12-9(6,2)4-5-11-7;1-3-5-6-7(9)11-8(5,2)4-10-12-6;3*1-3-5-6-7(9)11-8(5,2)4-10-6;1-3-5-6-7(9)10-8(5,2)4-11-6;;;;;;;;;;;;;;;;;;/h6-8H,2,4-5H2,1,3H3;2*6-8H,2,4-5H2,1,3H3;6-8H,2-5H2,1H3;5-7,10H,2-4H2,1H3;5-7,10H,2-4H2,1H3;3*5-7H,2-4H2,1H3;9*1H3;;;;;;;;;/q18*-1;;;;;;;;;/t4*6-,7+,8-,9+;3*5-,6+,7-,8+;5-,6-,7-,8-;5-,6+,7-,8+;;;;;;;;;;;;;;;;;;/m111111111................../s1. The number of likely N-dealkylation sites (N-methyl/N-ethyl adjacent to an activating group) is 3. The van der Waals surface area contributed by atoms with E-state index in [0.717, 1.165) is 96.2 Å². The van der Waals surface area contributed by atoms with E-state index in [4.69, 9.17) is 137 Å². The van der Waals surface area contributed by atoms with E-state index in [-0.39, 0.29) is 496 Å². The summed E-state index contributed by atoms with van der Waals surface area (Å²) in [5.74, 6) is 4.89. The molecule has 19 nitrogen and oxygen atoms in total. The molecule has 0 spiro atoms. The zero-order valence-corrected chi connectivity index (χ0v) is 106. The molecule has 0 unspecified atom stereocenters. The van der Waals surface area contributed by atoms with Crippen LogP contribution in [0.5, 0.6) is 0 Å². The molecule has 18 fully saturated rings. The summed E-state index contributed by atoms with van der Waals surface area (Å²) in [5, 5.41) is 5.61. The third-order valence-electron chi connectivity index (χ3n) is 26.5. The first kappa shape index (κ1) is 151. The van der Waals surface area contributed by atoms with Gasteiger partial charge in [-0.05, 0) is 150 Å². The van der Waals surface area contributed by atoms with Gasteiger partial charge in [-0.15, -0.1) is 0 Å². The van der Waals surface area contributed by atoms with Crippen molar-refractivity contribution in [2.45, 2.75) is 285 Å². The Morgan fingerprint density at radius 1 is 0.325 bits per heavy atom. The van der Waals surface area contributed by atoms with E-state index >= 15 is 0 Å². The SMILES string of the molecule is [B][C@@H]1O[C@@]2([CH2-])CCO[C@H]1[C@H]2CC.[B][C@@H]1O[C@@]2([CH2-])CN(C)O[C@H]1[C@H]2CC.[B][C@@H]1O[C@@]2([CH2-])CN(C)[C@H]1[C@H]2CC.[B][C@@H]1O[C@@]2([CH2-])CN(C)[C@H]1[C@H]2CC.[B][C@@H]1O[C@@]2([CH2-])CNO[C@H]1[C@H]2CC.[B][C@@H]1O[C@@]2([CH2-])CN[C@H]1[C@H]2CC.[B][C@@H]1O[C@@]2([CH2-])CO[C@H]1[C@H]2CC.[B][C@@H]1O[C@@]2([CH2-])CS[C@H]1[C@H]2CC.[B][C@@H]1O[C@]2([CH2-])CO[C@@H]1[C@H]2CC.[CH3-].[CH3-].[CH3-].[CH3-].[CH3-].[CH3-].[CH3-].[CH3-].[CH3-].[Y].[Y].[Y].[Y].[Y].[Y].[Y].[Y].[Y]. The molecule has 0 aromatic heterocycles. The minimum Gasteiger partial charge on any atom is -0.411 e. The summed E-state index contributed by atoms with van der Waals surface area (Å²) in [6.45, 7) is 62.0. The molecule has 27 radical (unpaired) electrons. The molecule has 18 rings (SSSR count). The first-order valence-electron chi connectivity index (χ1n) is 39.2. The van der Waals surface area contributed by atoms with Crippen LogP contribution in [0.1, 0.15) is 127 Å². The molecule has 18 bridgehead atoms. The van der Waals surface area contributed by atoms with Crippen molar-refractivity contribution in [3.05, 3.63) is 129 Å². The molecule has 18 aliphatic rings. The van der Waals surface area contributed by atoms with Crippen LogP contribution >= 0.6 is 11.8 Å². The van der Waals surface area contributed by atoms with Gasteiger partial charge in [-0.1, -0.05) is 120 Å². The zero-order valence-electron chi connectivity index (χ0n) is 79.7. The Kier molecular flexibility index (Phi) is 77.0. The topological polar surface area (TPSA) is 163 Å². The van der Waals surface area contributed by atoms with Gasteiger partial charge >= 0.3 is 0 Å². The Morgan fingerprint density at radius 2 is 0.634 bits per heavy atom. The van der Waals surface area contributed by atoms with Crippen LogP contribution in [0.3, 0.4) is 0 Å². The van der Waals surface area contributed by atoms with Gasteiger partial charge in [-0.3, -0.25) is 9.68 Å². The summed E-state index contributed by atoms with van der Waals surface area (Å²) in [5.41, 5.74) is 0.246. The molecule has 38 heteroatoms. The van der Waals surface area contributed by atoms with Gasteiger partial charge in [0.05, 0.1) is 30.5 Å². The van der Waals surface area contributed by atoms with Crippen LogP contribution in [0.25, 0.3) is 0 Å². The second kappa shape index (κ2) is 62.8. The number of thioether (sulfide) groups is 1. The Morgan fingerprint density at radius 3 is 0.886 bits per heavy atom. The average Bonchev–Trinajstić information content (AvgIpc) is 1.57. The predicted octanol–water partition coefficient (Wildman–Crippen LogP) is 8.47. The number of hydrogen-bond acceptors (Lipinski definition) is 20. The molecule has 2 N–H and O–H groups in total. The second-order valence-electron chi connectivity index (χ2n) is 33.3. The Hall–Kier alpha value is 10.1. The number of fused-ring (bicyclic) bond motifs is 18. The van der Waals surface area contributed by atoms with Crippen LogP contribution in [-0.2, 0) is 361 Å². The summed E-state index contributed by atoms with van der Waals surface area (Å²) < 4.78 is 66.7. The van der Waals surface area contributed by atoms with E-state index in [1.165, 1.54) is 0 Å². The van der Waals surface area contributed by atoms with Crippen molar-refractivity contribution in [1.29, 1.82) is 0 Å². The zero-order chi connectivity index (χ0) is 77.3. The maximum absolute atomic E-state index is 5.86. The molecule has 0 aliphatic carbocycles. The summed E-state index contributed by atoms with van der Waals surface area (Å²) >= 11 is 1.92. The molecular weight excluding hydrogens is 2240 g/mol. The molecule has 0 saturated carbocycles. The van der Waals surface area contributed by atoms with Gasteiger partial charge in [0.25, 0.3) is 0 Å². The van der Waals surface area contributed by atoms with Gasteiger partial charge in [-0.2, -0.15) is 16.8 Å². The summed E-state index contributed by atoms with van der Waals surface area (Å²) in [6, 6.07) is -0.834. The first-order valence-corrected chi connectivity index (χ1v) is 40.3. The Labute approximate surface area is 999 Å². The molecular formula is C85H148B9N5O14SY9-18. The fourth-order valence-electron chi connectivity index (χ4n) is 21.4. The van der Waals surface area contributed by atoms with Gasteiger partial charge < -0.3 is 201 Å². The summed E-state index contributed by atoms with van der Waals surface area (Å²) in [4.78, 5) is 15.5. The average molecular weight is 2390 g/mol. The van der Waals surface area contributed by atoms with E-state index in [1.54, 1.807) is 5.06 Å². The van der Waals surface area contributed by atoms with E-state index in [2.05, 4.69) is 159 Å². The maximum Gasteiger partial charge on any atom is 0.112 e. The van der Waals surface area contributed by atoms with Crippen molar-refractivity contribution in [2.24, 2.45) is 53.3 Å². The van der Waals surface area contributed by atoms with Crippen LogP contribution in [0, 0.1) is 182 Å². The normalized spacial score (nSPS) is 45.9. The molecule has 18 aliphatic heterocycles. The largest absolute Gasteiger partial charge is 0.411 e. The fourth-order valence-corrected chi connectivity index (χ4v) is 23.1. The van der Waals surface area contributed by atoms with Gasteiger partial charge in [0.15, 0.2) is 0 Å². The van der Waals surface area contributed by atoms with E-state index in [0.29, 0.717) is 103 Å². The van der Waals surface area contributed by atoms with E-state index in [9.17, 15) is 0 Å². The van der Waals surface area contributed by atoms with E-state index < -0.39 is 0 Å². The minimum absolute atomic E-state index is 0. The molecule has 0 aromatic rings. The second-order valence-corrected chi connectivity index (χ2v) is 34.5. The number of hydroxylamine groups is 3. The number of morpholine rings is 3. The number of nitrogens with zero attached hydrogens (tertiary/aromatic N) is 3. The molecule has 36 atom stereocenters. The van der Waals surface area contributed by atoms with Crippen molar-refractivity contribution in [1.82, 2.24) is 25.7 Å². The summed E-state index contributed by atoms with van der Waals surface area (Å²) in [7, 11) is 58.1. The van der Waals surface area contributed by atoms with Crippen molar-refractivity contribution >= 4 is 82.4 Å². The third-order valence-corrected chi connectivity index (χ3v) is 28.1. The van der Waals surface area contributed by atoms with Crippen LogP contribution in [0.15, 0.2) is 0 Å². The smallest absolute Gasteiger partial charge is 0.112 e. The number of rotatable bonds is 9. The number of nitrogens with one attached hydrogen (secondary N) is 2. The van der Waals surface area contributed by atoms with Crippen LogP contribution in [0.4, 0.5) is 0 Å². The first-order chi connectivity index (χ1) is 49.3. The van der Waals surface area contributed by atoms with Crippen LogP contribution < -0.4 is 10.8 Å². The number of hydrogen-bond donors (Lipinski definition) is 2. The van der Waals surface area contributed by atoms with Crippen molar-refractivity contribution < 1.29 is 361 Å². The van der Waals surface area contributed by atoms with Crippen molar-refractivity contribution in [2.75, 3.05) is 79.4 Å². The monoisotopic (exact) mass is 2390 g/mol. The Bertz CT molecular complexity index is 2610. The number of ether oxygens (including phenoxy) is 12. The predicted molar refractivity (Wildman–Crippen MR) is 475 cm³/mol. The molecule has 123 heavy (non-hydrogen) atoms. The van der Waals surface area contributed by atoms with Gasteiger partial charge in [-0.25, -0.2) is 5.48 Å². The molecule has 675 valence electrons.